The van der Waals surface area contributed by atoms with Gasteiger partial charge in [0.15, 0.2) is 15.7 Å². The first-order chi connectivity index (χ1) is 9.37. The molecular formula is C10H16N4O4S2. The van der Waals surface area contributed by atoms with E-state index in [-0.39, 0.29) is 23.0 Å². The number of sulfone groups is 1. The number of hydrazine groups is 1. The lowest BCUT2D eigenvalue weighted by Gasteiger charge is -2.13. The molecule has 1 aliphatic heterocycles. The number of nitrogen functional groups attached to an aromatic ring is 1. The minimum Gasteiger partial charge on any atom is -0.307 e. The number of hydrogen-bond donors (Lipinski definition) is 3. The van der Waals surface area contributed by atoms with Crippen molar-refractivity contribution in [1.82, 2.24) is 9.71 Å². The van der Waals surface area contributed by atoms with Crippen LogP contribution in [0.15, 0.2) is 23.2 Å². The second-order valence-electron chi connectivity index (χ2n) is 4.48. The van der Waals surface area contributed by atoms with Crippen molar-refractivity contribution >= 4 is 25.7 Å². The molecule has 1 fully saturated rings. The molecule has 1 saturated heterocycles. The highest BCUT2D eigenvalue weighted by atomic mass is 32.2. The highest BCUT2D eigenvalue weighted by Gasteiger charge is 2.32. The number of nitrogens with two attached hydrogens (primary N) is 1. The Labute approximate surface area is 117 Å². The summed E-state index contributed by atoms with van der Waals surface area (Å²) in [7, 11) is -7.05. The maximum atomic E-state index is 12.1. The van der Waals surface area contributed by atoms with E-state index in [9.17, 15) is 16.8 Å². The minimum atomic E-state index is -3.86. The zero-order chi connectivity index (χ0) is 14.8. The summed E-state index contributed by atoms with van der Waals surface area (Å²) in [5.41, 5.74) is 2.20. The van der Waals surface area contributed by atoms with Crippen molar-refractivity contribution in [2.75, 3.05) is 17.7 Å². The van der Waals surface area contributed by atoms with Crippen LogP contribution in [-0.4, -0.2) is 39.4 Å². The van der Waals surface area contributed by atoms with Crippen LogP contribution in [0.3, 0.4) is 0 Å². The second-order valence-corrected chi connectivity index (χ2v) is 8.61. The summed E-state index contributed by atoms with van der Waals surface area (Å²) in [6.45, 7) is -0.135. The monoisotopic (exact) mass is 320 g/mol. The van der Waals surface area contributed by atoms with Gasteiger partial charge in [0.05, 0.1) is 11.0 Å². The predicted molar refractivity (Wildman–Crippen MR) is 74.0 cm³/mol. The van der Waals surface area contributed by atoms with E-state index in [2.05, 4.69) is 15.1 Å². The number of hydrogen-bond acceptors (Lipinski definition) is 7. The fraction of sp³-hybridized carbons (Fsp3) is 0.500. The molecule has 0 radical (unpaired) electrons. The first-order valence-corrected chi connectivity index (χ1v) is 9.19. The maximum absolute atomic E-state index is 12.1. The first kappa shape index (κ1) is 15.2. The maximum Gasteiger partial charge on any atom is 0.244 e. The van der Waals surface area contributed by atoms with Gasteiger partial charge in [-0.25, -0.2) is 32.4 Å². The molecule has 8 nitrogen and oxygen atoms in total. The van der Waals surface area contributed by atoms with E-state index in [0.717, 1.165) is 0 Å². The Hall–Kier alpha value is -1.23. The van der Waals surface area contributed by atoms with Crippen molar-refractivity contribution in [2.24, 2.45) is 5.84 Å². The molecular weight excluding hydrogens is 304 g/mol. The molecule has 1 aliphatic rings. The Kier molecular flexibility index (Phi) is 4.28. The third kappa shape index (κ3) is 3.08. The molecule has 0 spiro atoms. The highest BCUT2D eigenvalue weighted by Crippen LogP contribution is 2.21. The number of nitrogens with one attached hydrogen (secondary N) is 2. The number of sulfonamides is 1. The number of aromatic nitrogens is 1. The molecule has 0 saturated carbocycles. The van der Waals surface area contributed by atoms with Gasteiger partial charge >= 0.3 is 0 Å². The van der Waals surface area contributed by atoms with Gasteiger partial charge in [0.2, 0.25) is 10.0 Å². The lowest BCUT2D eigenvalue weighted by molar-refractivity contribution is 0.571. The Balaban J connectivity index is 2.16. The number of anilines is 1. The second kappa shape index (κ2) is 5.64. The standard InChI is InChI=1S/C10H16N4O4S2/c11-14-10-9(4-1-5-12-10)20(17,18)13-7-8-3-2-6-19(8,15)16/h1,4-5,8,13H,2-3,6-7,11H2,(H,12,14). The van der Waals surface area contributed by atoms with Gasteiger partial charge in [-0.05, 0) is 25.0 Å². The zero-order valence-corrected chi connectivity index (χ0v) is 12.2. The lowest BCUT2D eigenvalue weighted by atomic mass is 10.2. The van der Waals surface area contributed by atoms with Crippen molar-refractivity contribution in [3.63, 3.8) is 0 Å². The summed E-state index contributed by atoms with van der Waals surface area (Å²) >= 11 is 0. The number of pyridine rings is 1. The molecule has 1 unspecified atom stereocenters. The smallest absolute Gasteiger partial charge is 0.244 e. The average Bonchev–Trinajstić information content (AvgIpc) is 2.75. The van der Waals surface area contributed by atoms with Gasteiger partial charge in [-0.1, -0.05) is 0 Å². The van der Waals surface area contributed by atoms with Crippen molar-refractivity contribution in [2.45, 2.75) is 23.0 Å². The third-order valence-corrected chi connectivity index (χ3v) is 6.89. The Morgan fingerprint density at radius 2 is 2.20 bits per heavy atom. The summed E-state index contributed by atoms with van der Waals surface area (Å²) in [5, 5.41) is -0.664. The third-order valence-electron chi connectivity index (χ3n) is 3.16. The van der Waals surface area contributed by atoms with Gasteiger partial charge in [0, 0.05) is 12.7 Å². The van der Waals surface area contributed by atoms with Gasteiger partial charge in [0.1, 0.15) is 4.90 Å². The zero-order valence-electron chi connectivity index (χ0n) is 10.6. The van der Waals surface area contributed by atoms with Gasteiger partial charge in [-0.15, -0.1) is 0 Å². The molecule has 0 aromatic carbocycles. The highest BCUT2D eigenvalue weighted by molar-refractivity contribution is 7.92. The van der Waals surface area contributed by atoms with Crippen molar-refractivity contribution in [3.8, 4) is 0 Å². The topological polar surface area (TPSA) is 131 Å². The van der Waals surface area contributed by atoms with Gasteiger partial charge in [-0.2, -0.15) is 0 Å². The molecule has 0 amide bonds. The van der Waals surface area contributed by atoms with Crippen LogP contribution in [0.1, 0.15) is 12.8 Å². The molecule has 112 valence electrons. The van der Waals surface area contributed by atoms with Crippen LogP contribution in [0.5, 0.6) is 0 Å². The quantitative estimate of drug-likeness (QED) is 0.479. The normalized spacial score (nSPS) is 21.8. The summed E-state index contributed by atoms with van der Waals surface area (Å²) in [5.74, 6) is 5.33. The molecule has 1 aromatic heterocycles. The number of rotatable bonds is 5. The molecule has 0 bridgehead atoms. The summed E-state index contributed by atoms with van der Waals surface area (Å²) in [6, 6.07) is 2.80. The summed E-state index contributed by atoms with van der Waals surface area (Å²) in [6.07, 6.45) is 2.44. The van der Waals surface area contributed by atoms with E-state index in [0.29, 0.717) is 12.8 Å². The van der Waals surface area contributed by atoms with Gasteiger partial charge in [0.25, 0.3) is 0 Å². The van der Waals surface area contributed by atoms with E-state index in [1.165, 1.54) is 18.3 Å². The fourth-order valence-corrected chi connectivity index (χ4v) is 5.15. The average molecular weight is 320 g/mol. The van der Waals surface area contributed by atoms with Crippen molar-refractivity contribution in [1.29, 1.82) is 0 Å². The van der Waals surface area contributed by atoms with Crippen LogP contribution in [0.25, 0.3) is 0 Å². The fourth-order valence-electron chi connectivity index (χ4n) is 2.08. The van der Waals surface area contributed by atoms with E-state index in [4.69, 9.17) is 5.84 Å². The molecule has 1 atom stereocenters. The molecule has 10 heteroatoms. The SMILES string of the molecule is NNc1ncccc1S(=O)(=O)NCC1CCCS1(=O)=O. The van der Waals surface area contributed by atoms with Crippen molar-refractivity contribution in [3.05, 3.63) is 18.3 Å². The molecule has 1 aromatic rings. The molecule has 20 heavy (non-hydrogen) atoms. The van der Waals surface area contributed by atoms with Crippen LogP contribution < -0.4 is 16.0 Å². The van der Waals surface area contributed by atoms with Crippen LogP contribution in [0.4, 0.5) is 5.82 Å². The van der Waals surface area contributed by atoms with Crippen molar-refractivity contribution < 1.29 is 16.8 Å². The van der Waals surface area contributed by atoms with E-state index < -0.39 is 25.1 Å². The van der Waals surface area contributed by atoms with Crippen LogP contribution in [0.2, 0.25) is 0 Å². The Bertz CT molecular complexity index is 687. The van der Waals surface area contributed by atoms with Crippen LogP contribution >= 0.6 is 0 Å². The first-order valence-electron chi connectivity index (χ1n) is 6.00. The van der Waals surface area contributed by atoms with E-state index in [1.54, 1.807) is 0 Å². The molecule has 2 rings (SSSR count). The van der Waals surface area contributed by atoms with Crippen LogP contribution in [0, 0.1) is 0 Å². The van der Waals surface area contributed by atoms with Crippen LogP contribution in [-0.2, 0) is 19.9 Å². The minimum absolute atomic E-state index is 0.00859. The summed E-state index contributed by atoms with van der Waals surface area (Å²) < 4.78 is 49.9. The predicted octanol–water partition coefficient (Wildman–Crippen LogP) is -0.777. The van der Waals surface area contributed by atoms with Gasteiger partial charge < -0.3 is 5.43 Å². The molecule has 0 aliphatic carbocycles. The van der Waals surface area contributed by atoms with E-state index >= 15 is 0 Å². The molecule has 4 N–H and O–H groups in total. The Morgan fingerprint density at radius 1 is 1.45 bits per heavy atom. The number of nitrogens with zero attached hydrogens (tertiary/aromatic N) is 1. The Morgan fingerprint density at radius 3 is 2.80 bits per heavy atom. The van der Waals surface area contributed by atoms with E-state index in [1.807, 2.05) is 0 Å². The largest absolute Gasteiger partial charge is 0.307 e. The molecule has 2 heterocycles. The summed E-state index contributed by atoms with van der Waals surface area (Å²) in [4.78, 5) is 3.69. The lowest BCUT2D eigenvalue weighted by Crippen LogP contribution is -2.35. The van der Waals surface area contributed by atoms with Gasteiger partial charge in [-0.3, -0.25) is 0 Å².